The first-order chi connectivity index (χ1) is 11.8. The Balaban J connectivity index is 1.55. The zero-order valence-electron chi connectivity index (χ0n) is 14.3. The molecule has 3 rings (SSSR count). The first-order valence-electron chi connectivity index (χ1n) is 8.55. The number of ether oxygens (including phenoxy) is 3. The highest BCUT2D eigenvalue weighted by Gasteiger charge is 2.29. The number of hydrogen-bond acceptors (Lipinski definition) is 4. The zero-order chi connectivity index (χ0) is 16.8. The predicted octanol–water partition coefficient (Wildman–Crippen LogP) is 3.58. The summed E-state index contributed by atoms with van der Waals surface area (Å²) >= 11 is 0. The predicted molar refractivity (Wildman–Crippen MR) is 94.6 cm³/mol. The summed E-state index contributed by atoms with van der Waals surface area (Å²) in [6.07, 6.45) is 0.0758. The summed E-state index contributed by atoms with van der Waals surface area (Å²) in [6.45, 7) is 6.11. The van der Waals surface area contributed by atoms with Gasteiger partial charge in [0, 0.05) is 12.6 Å². The van der Waals surface area contributed by atoms with Crippen LogP contribution in [0.2, 0.25) is 0 Å². The third-order valence-electron chi connectivity index (χ3n) is 4.16. The lowest BCUT2D eigenvalue weighted by atomic mass is 10.0. The minimum absolute atomic E-state index is 0.0259. The molecule has 0 unspecified atom stereocenters. The van der Waals surface area contributed by atoms with Crippen molar-refractivity contribution in [2.45, 2.75) is 32.1 Å². The van der Waals surface area contributed by atoms with Gasteiger partial charge in [0.1, 0.15) is 24.2 Å². The molecule has 1 aliphatic rings. The summed E-state index contributed by atoms with van der Waals surface area (Å²) in [5.74, 6) is 1.69. The van der Waals surface area contributed by atoms with Gasteiger partial charge >= 0.3 is 0 Å². The van der Waals surface area contributed by atoms with E-state index in [9.17, 15) is 0 Å². The molecule has 0 spiro atoms. The van der Waals surface area contributed by atoms with E-state index in [4.69, 9.17) is 14.2 Å². The van der Waals surface area contributed by atoms with E-state index < -0.39 is 0 Å². The molecule has 1 N–H and O–H groups in total. The second-order valence-corrected chi connectivity index (χ2v) is 6.00. The van der Waals surface area contributed by atoms with Crippen LogP contribution in [0.25, 0.3) is 0 Å². The van der Waals surface area contributed by atoms with E-state index >= 15 is 0 Å². The van der Waals surface area contributed by atoms with Crippen LogP contribution in [0.4, 0.5) is 0 Å². The Kier molecular flexibility index (Phi) is 5.72. The molecular weight excluding hydrogens is 302 g/mol. The van der Waals surface area contributed by atoms with Gasteiger partial charge in [-0.3, -0.25) is 0 Å². The maximum atomic E-state index is 6.26. The summed E-state index contributed by atoms with van der Waals surface area (Å²) in [6, 6.07) is 18.3. The summed E-state index contributed by atoms with van der Waals surface area (Å²) in [5.41, 5.74) is 1.20. The van der Waals surface area contributed by atoms with E-state index in [1.807, 2.05) is 49.4 Å². The van der Waals surface area contributed by atoms with Gasteiger partial charge in [-0.25, -0.2) is 0 Å². The van der Waals surface area contributed by atoms with Crippen molar-refractivity contribution in [3.05, 3.63) is 60.2 Å². The van der Waals surface area contributed by atoms with E-state index in [2.05, 4.69) is 24.4 Å². The Labute approximate surface area is 143 Å². The summed E-state index contributed by atoms with van der Waals surface area (Å²) in [5, 5.41) is 3.52. The van der Waals surface area contributed by atoms with E-state index in [-0.39, 0.29) is 18.2 Å². The summed E-state index contributed by atoms with van der Waals surface area (Å²) in [4.78, 5) is 0. The molecule has 4 heteroatoms. The van der Waals surface area contributed by atoms with Gasteiger partial charge in [-0.1, -0.05) is 30.3 Å². The van der Waals surface area contributed by atoms with Gasteiger partial charge < -0.3 is 19.5 Å². The Hall–Kier alpha value is -2.04. The van der Waals surface area contributed by atoms with Gasteiger partial charge in [-0.05, 0) is 43.7 Å². The standard InChI is InChI=1S/C20H25NO3/c1-3-22-17-9-11-18(12-10-17)23-14-19-13-21-15(2)20(24-19)16-7-5-4-6-8-16/h4-12,15,19-21H,3,13-14H2,1-2H3/t15-,19+,20-/m0/s1. The second-order valence-electron chi connectivity index (χ2n) is 6.00. The Morgan fingerprint density at radius 3 is 2.33 bits per heavy atom. The highest BCUT2D eigenvalue weighted by atomic mass is 16.5. The minimum Gasteiger partial charge on any atom is -0.494 e. The first-order valence-corrected chi connectivity index (χ1v) is 8.55. The van der Waals surface area contributed by atoms with Crippen LogP contribution in [0.1, 0.15) is 25.5 Å². The molecule has 2 aromatic rings. The molecule has 0 bridgehead atoms. The summed E-state index contributed by atoms with van der Waals surface area (Å²) in [7, 11) is 0. The van der Waals surface area contributed by atoms with Gasteiger partial charge in [-0.2, -0.15) is 0 Å². The topological polar surface area (TPSA) is 39.7 Å². The van der Waals surface area contributed by atoms with E-state index in [1.54, 1.807) is 0 Å². The molecular formula is C20H25NO3. The van der Waals surface area contributed by atoms with Crippen LogP contribution in [0.5, 0.6) is 11.5 Å². The zero-order valence-corrected chi connectivity index (χ0v) is 14.3. The molecule has 0 aromatic heterocycles. The largest absolute Gasteiger partial charge is 0.494 e. The van der Waals surface area contributed by atoms with Crippen molar-refractivity contribution < 1.29 is 14.2 Å². The van der Waals surface area contributed by atoms with Crippen molar-refractivity contribution in [2.75, 3.05) is 19.8 Å². The molecule has 3 atom stereocenters. The van der Waals surface area contributed by atoms with Crippen LogP contribution < -0.4 is 14.8 Å². The SMILES string of the molecule is CCOc1ccc(OC[C@H]2CN[C@@H](C)[C@@H](c3ccccc3)O2)cc1. The van der Waals surface area contributed by atoms with Crippen LogP contribution in [0.15, 0.2) is 54.6 Å². The fourth-order valence-corrected chi connectivity index (χ4v) is 2.89. The Morgan fingerprint density at radius 2 is 1.67 bits per heavy atom. The molecule has 0 radical (unpaired) electrons. The normalized spacial score (nSPS) is 23.7. The number of benzene rings is 2. The maximum Gasteiger partial charge on any atom is 0.119 e. The van der Waals surface area contributed by atoms with Gasteiger partial charge in [0.15, 0.2) is 0 Å². The van der Waals surface area contributed by atoms with Gasteiger partial charge in [0.2, 0.25) is 0 Å². The van der Waals surface area contributed by atoms with Crippen molar-refractivity contribution in [1.29, 1.82) is 0 Å². The number of rotatable bonds is 6. The third-order valence-corrected chi connectivity index (χ3v) is 4.16. The number of nitrogens with one attached hydrogen (secondary N) is 1. The van der Waals surface area contributed by atoms with E-state index in [1.165, 1.54) is 5.56 Å². The molecule has 4 nitrogen and oxygen atoms in total. The average molecular weight is 327 g/mol. The van der Waals surface area contributed by atoms with Crippen LogP contribution in [0.3, 0.4) is 0 Å². The molecule has 1 heterocycles. The van der Waals surface area contributed by atoms with E-state index in [0.717, 1.165) is 18.0 Å². The molecule has 128 valence electrons. The van der Waals surface area contributed by atoms with Gasteiger partial charge in [0.25, 0.3) is 0 Å². The molecule has 2 aromatic carbocycles. The smallest absolute Gasteiger partial charge is 0.119 e. The molecule has 0 saturated carbocycles. The van der Waals surface area contributed by atoms with E-state index in [0.29, 0.717) is 13.2 Å². The molecule has 1 saturated heterocycles. The minimum atomic E-state index is 0.0259. The second kappa shape index (κ2) is 8.18. The highest BCUT2D eigenvalue weighted by Crippen LogP contribution is 2.26. The summed E-state index contributed by atoms with van der Waals surface area (Å²) < 4.78 is 17.6. The van der Waals surface area contributed by atoms with Gasteiger partial charge in [-0.15, -0.1) is 0 Å². The van der Waals surface area contributed by atoms with Crippen LogP contribution in [0, 0.1) is 0 Å². The van der Waals surface area contributed by atoms with Crippen LogP contribution >= 0.6 is 0 Å². The molecule has 24 heavy (non-hydrogen) atoms. The monoisotopic (exact) mass is 327 g/mol. The molecule has 0 aliphatic carbocycles. The van der Waals surface area contributed by atoms with Crippen molar-refractivity contribution in [1.82, 2.24) is 5.32 Å². The highest BCUT2D eigenvalue weighted by molar-refractivity contribution is 5.31. The fraction of sp³-hybridized carbons (Fsp3) is 0.400. The molecule has 1 aliphatic heterocycles. The number of morpholine rings is 1. The lowest BCUT2D eigenvalue weighted by Gasteiger charge is -2.36. The molecule has 1 fully saturated rings. The van der Waals surface area contributed by atoms with Crippen molar-refractivity contribution in [3.8, 4) is 11.5 Å². The van der Waals surface area contributed by atoms with Crippen molar-refractivity contribution >= 4 is 0 Å². The molecule has 0 amide bonds. The van der Waals surface area contributed by atoms with Crippen LogP contribution in [-0.2, 0) is 4.74 Å². The van der Waals surface area contributed by atoms with Crippen molar-refractivity contribution in [2.24, 2.45) is 0 Å². The first kappa shape index (κ1) is 16.8. The Morgan fingerprint density at radius 1 is 1.00 bits per heavy atom. The van der Waals surface area contributed by atoms with Gasteiger partial charge in [0.05, 0.1) is 12.7 Å². The number of hydrogen-bond donors (Lipinski definition) is 1. The maximum absolute atomic E-state index is 6.26. The lowest BCUT2D eigenvalue weighted by Crippen LogP contribution is -2.48. The fourth-order valence-electron chi connectivity index (χ4n) is 2.89. The van der Waals surface area contributed by atoms with Crippen LogP contribution in [-0.4, -0.2) is 31.9 Å². The Bertz CT molecular complexity index is 615. The lowest BCUT2D eigenvalue weighted by molar-refractivity contribution is -0.0771. The average Bonchev–Trinajstić information content (AvgIpc) is 2.63. The quantitative estimate of drug-likeness (QED) is 0.880. The van der Waals surface area contributed by atoms with Crippen molar-refractivity contribution in [3.63, 3.8) is 0 Å². The third kappa shape index (κ3) is 4.28.